The van der Waals surface area contributed by atoms with E-state index in [2.05, 4.69) is 10.1 Å². The van der Waals surface area contributed by atoms with Gasteiger partial charge < -0.3 is 0 Å². The van der Waals surface area contributed by atoms with Gasteiger partial charge in [-0.15, -0.1) is 0 Å². The van der Waals surface area contributed by atoms with Gasteiger partial charge in [0.25, 0.3) is 5.56 Å². The Kier molecular flexibility index (Phi) is 3.27. The van der Waals surface area contributed by atoms with Crippen LogP contribution in [0.1, 0.15) is 5.69 Å². The molecular weight excluding hydrogens is 305 g/mol. The number of rotatable bonds is 2. The van der Waals surface area contributed by atoms with E-state index in [4.69, 9.17) is 0 Å². The van der Waals surface area contributed by atoms with Gasteiger partial charge in [0.15, 0.2) is 5.65 Å². The third-order valence-corrected chi connectivity index (χ3v) is 4.04. The smallest absolute Gasteiger partial charge is 0.280 e. The Labute approximate surface area is 137 Å². The van der Waals surface area contributed by atoms with Gasteiger partial charge in [0, 0.05) is 11.8 Å². The molecule has 0 aliphatic carbocycles. The van der Waals surface area contributed by atoms with Gasteiger partial charge in [0.05, 0.1) is 11.3 Å². The number of aromatic amines is 1. The maximum atomic E-state index is 13.5. The topological polar surface area (TPSA) is 50.2 Å². The van der Waals surface area contributed by atoms with Crippen LogP contribution >= 0.6 is 0 Å². The molecule has 0 aliphatic heterocycles. The fourth-order valence-corrected chi connectivity index (χ4v) is 2.93. The molecule has 2 aromatic heterocycles. The van der Waals surface area contributed by atoms with E-state index in [1.54, 1.807) is 18.3 Å². The monoisotopic (exact) mass is 319 g/mol. The van der Waals surface area contributed by atoms with Crippen molar-refractivity contribution in [1.29, 1.82) is 0 Å². The van der Waals surface area contributed by atoms with Crippen molar-refractivity contribution >= 4 is 5.65 Å². The summed E-state index contributed by atoms with van der Waals surface area (Å²) in [7, 11) is 0. The molecule has 118 valence electrons. The van der Waals surface area contributed by atoms with Gasteiger partial charge in [-0.2, -0.15) is 0 Å². The van der Waals surface area contributed by atoms with Crippen molar-refractivity contribution < 1.29 is 4.39 Å². The Balaban J connectivity index is 1.99. The van der Waals surface area contributed by atoms with Crippen molar-refractivity contribution in [1.82, 2.24) is 14.6 Å². The molecule has 5 heteroatoms. The van der Waals surface area contributed by atoms with E-state index in [9.17, 15) is 9.18 Å². The van der Waals surface area contributed by atoms with Crippen LogP contribution < -0.4 is 5.56 Å². The van der Waals surface area contributed by atoms with E-state index in [-0.39, 0.29) is 11.4 Å². The molecule has 2 aromatic carbocycles. The number of hydrogen-bond donors (Lipinski definition) is 1. The highest BCUT2D eigenvalue weighted by molar-refractivity contribution is 5.78. The van der Waals surface area contributed by atoms with E-state index in [1.807, 2.05) is 37.3 Å². The first-order chi connectivity index (χ1) is 11.6. The lowest BCUT2D eigenvalue weighted by Gasteiger charge is -2.06. The molecule has 0 aliphatic rings. The van der Waals surface area contributed by atoms with Crippen LogP contribution in [0.5, 0.6) is 0 Å². The van der Waals surface area contributed by atoms with Crippen LogP contribution in [-0.2, 0) is 0 Å². The highest BCUT2D eigenvalue weighted by Gasteiger charge is 2.16. The van der Waals surface area contributed by atoms with Gasteiger partial charge in [-0.25, -0.2) is 13.9 Å². The summed E-state index contributed by atoms with van der Waals surface area (Å²) >= 11 is 0. The molecule has 4 rings (SSSR count). The molecule has 0 spiro atoms. The van der Waals surface area contributed by atoms with Crippen molar-refractivity contribution in [3.63, 3.8) is 0 Å². The van der Waals surface area contributed by atoms with Gasteiger partial charge in [0.2, 0.25) is 0 Å². The number of nitrogens with zero attached hydrogens (tertiary/aromatic N) is 2. The summed E-state index contributed by atoms with van der Waals surface area (Å²) in [5, 5.41) is 2.93. The van der Waals surface area contributed by atoms with E-state index in [0.717, 1.165) is 5.56 Å². The van der Waals surface area contributed by atoms with Crippen molar-refractivity contribution in [3.8, 4) is 22.3 Å². The first-order valence-electron chi connectivity index (χ1n) is 7.57. The number of nitrogens with one attached hydrogen (secondary N) is 1. The molecule has 4 aromatic rings. The van der Waals surface area contributed by atoms with Crippen LogP contribution in [0, 0.1) is 12.7 Å². The molecule has 0 bridgehead atoms. The minimum absolute atomic E-state index is 0.175. The van der Waals surface area contributed by atoms with Gasteiger partial charge in [-0.05, 0) is 30.2 Å². The van der Waals surface area contributed by atoms with Gasteiger partial charge >= 0.3 is 0 Å². The molecular formula is C19H14FN3O. The second kappa shape index (κ2) is 5.45. The lowest BCUT2D eigenvalue weighted by Crippen LogP contribution is -2.19. The Morgan fingerprint density at radius 3 is 2.54 bits per heavy atom. The Bertz CT molecular complexity index is 1100. The Hall–Kier alpha value is -3.21. The summed E-state index contributed by atoms with van der Waals surface area (Å²) < 4.78 is 14.9. The van der Waals surface area contributed by atoms with Gasteiger partial charge in [0.1, 0.15) is 5.82 Å². The molecule has 24 heavy (non-hydrogen) atoms. The first-order valence-corrected chi connectivity index (χ1v) is 7.57. The fourth-order valence-electron chi connectivity index (χ4n) is 2.93. The van der Waals surface area contributed by atoms with E-state index < -0.39 is 0 Å². The highest BCUT2D eigenvalue weighted by Crippen LogP contribution is 2.25. The predicted octanol–water partition coefficient (Wildman–Crippen LogP) is 3.80. The molecule has 0 unspecified atom stereocenters. The quantitative estimate of drug-likeness (QED) is 0.611. The maximum absolute atomic E-state index is 13.5. The molecule has 2 heterocycles. The van der Waals surface area contributed by atoms with Crippen LogP contribution in [-0.4, -0.2) is 14.6 Å². The molecule has 0 radical (unpaired) electrons. The summed E-state index contributed by atoms with van der Waals surface area (Å²) in [6.45, 7) is 1.81. The minimum atomic E-state index is -0.327. The lowest BCUT2D eigenvalue weighted by molar-refractivity contribution is 0.628. The van der Waals surface area contributed by atoms with Crippen LogP contribution in [0.25, 0.3) is 27.9 Å². The zero-order valence-electron chi connectivity index (χ0n) is 13.0. The molecule has 0 atom stereocenters. The first kappa shape index (κ1) is 14.4. The molecule has 0 fully saturated rings. The van der Waals surface area contributed by atoms with Gasteiger partial charge in [-0.1, -0.05) is 42.5 Å². The summed E-state index contributed by atoms with van der Waals surface area (Å²) in [6, 6.07) is 15.7. The maximum Gasteiger partial charge on any atom is 0.280 e. The average Bonchev–Trinajstić information content (AvgIpc) is 3.00. The predicted molar refractivity (Wildman–Crippen MR) is 91.4 cm³/mol. The zero-order chi connectivity index (χ0) is 16.7. The molecule has 1 N–H and O–H groups in total. The van der Waals surface area contributed by atoms with Crippen LogP contribution in [0.4, 0.5) is 4.39 Å². The van der Waals surface area contributed by atoms with Crippen molar-refractivity contribution in [2.45, 2.75) is 6.92 Å². The van der Waals surface area contributed by atoms with E-state index in [0.29, 0.717) is 28.0 Å². The normalized spacial score (nSPS) is 11.1. The van der Waals surface area contributed by atoms with Crippen LogP contribution in [0.2, 0.25) is 0 Å². The summed E-state index contributed by atoms with van der Waals surface area (Å²) in [5.74, 6) is -0.327. The molecule has 0 amide bonds. The number of fused-ring (bicyclic) bond motifs is 1. The largest absolute Gasteiger partial charge is 0.296 e. The van der Waals surface area contributed by atoms with Crippen molar-refractivity contribution in [2.75, 3.05) is 0 Å². The summed E-state index contributed by atoms with van der Waals surface area (Å²) in [6.07, 6.45) is 1.67. The van der Waals surface area contributed by atoms with Crippen LogP contribution in [0.15, 0.2) is 65.6 Å². The Morgan fingerprint density at radius 1 is 1.04 bits per heavy atom. The molecule has 0 saturated heterocycles. The third kappa shape index (κ3) is 2.22. The third-order valence-electron chi connectivity index (χ3n) is 4.04. The summed E-state index contributed by atoms with van der Waals surface area (Å²) in [5.41, 5.74) is 3.70. The number of benzene rings is 2. The zero-order valence-corrected chi connectivity index (χ0v) is 13.0. The second-order valence-corrected chi connectivity index (χ2v) is 5.60. The van der Waals surface area contributed by atoms with E-state index >= 15 is 0 Å². The average molecular weight is 319 g/mol. The second-order valence-electron chi connectivity index (χ2n) is 5.60. The number of H-pyrrole nitrogens is 1. The van der Waals surface area contributed by atoms with Crippen LogP contribution in [0.3, 0.4) is 0 Å². The molecule has 4 nitrogen and oxygen atoms in total. The standard InChI is InChI=1S/C19H14FN3O/c1-12-17(13-6-3-2-4-7-13)19(24)23-18(22-12)16(11-21-23)14-8-5-9-15(20)10-14/h2-11,21H,1H3. The SMILES string of the molecule is Cc1nc2c(-c3cccc(F)c3)c[nH]n2c(=O)c1-c1ccccc1. The van der Waals surface area contributed by atoms with Gasteiger partial charge in [-0.3, -0.25) is 9.89 Å². The highest BCUT2D eigenvalue weighted by atomic mass is 19.1. The number of aryl methyl sites for hydroxylation is 1. The molecule has 0 saturated carbocycles. The number of hydrogen-bond acceptors (Lipinski definition) is 2. The number of aromatic nitrogens is 3. The minimum Gasteiger partial charge on any atom is -0.296 e. The fraction of sp³-hybridized carbons (Fsp3) is 0.0526. The van der Waals surface area contributed by atoms with Crippen molar-refractivity contribution in [2.24, 2.45) is 0 Å². The van der Waals surface area contributed by atoms with E-state index in [1.165, 1.54) is 16.6 Å². The summed E-state index contributed by atoms with van der Waals surface area (Å²) in [4.78, 5) is 17.5. The Morgan fingerprint density at radius 2 is 1.79 bits per heavy atom. The van der Waals surface area contributed by atoms with Crippen molar-refractivity contribution in [3.05, 3.63) is 82.7 Å². The lowest BCUT2D eigenvalue weighted by atomic mass is 10.1. The number of halogens is 1.